The minimum atomic E-state index is 0.589. The summed E-state index contributed by atoms with van der Waals surface area (Å²) in [4.78, 5) is 8.46. The first kappa shape index (κ1) is 13.7. The molecule has 0 radical (unpaired) electrons. The average molecular weight is 255 g/mol. The van der Waals surface area contributed by atoms with Gasteiger partial charge in [0, 0.05) is 19.3 Å². The van der Waals surface area contributed by atoms with Crippen molar-refractivity contribution in [3.63, 3.8) is 0 Å². The van der Waals surface area contributed by atoms with E-state index in [1.807, 2.05) is 13.0 Å². The van der Waals surface area contributed by atoms with E-state index in [2.05, 4.69) is 53.4 Å². The molecule has 3 nitrogen and oxygen atoms in total. The molecular formula is C16H21N3. The predicted octanol–water partition coefficient (Wildman–Crippen LogP) is 3.20. The maximum atomic E-state index is 4.37. The van der Waals surface area contributed by atoms with Crippen LogP contribution in [0.25, 0.3) is 0 Å². The molecule has 0 aliphatic rings. The summed E-state index contributed by atoms with van der Waals surface area (Å²) in [5, 5.41) is 3.40. The van der Waals surface area contributed by atoms with Crippen LogP contribution in [-0.2, 0) is 13.1 Å². The highest BCUT2D eigenvalue weighted by molar-refractivity contribution is 5.24. The fourth-order valence-corrected chi connectivity index (χ4v) is 1.96. The van der Waals surface area contributed by atoms with Crippen molar-refractivity contribution in [2.45, 2.75) is 39.8 Å². The van der Waals surface area contributed by atoms with Crippen LogP contribution in [0.2, 0.25) is 0 Å². The van der Waals surface area contributed by atoms with E-state index in [0.29, 0.717) is 5.92 Å². The fraction of sp³-hybridized carbons (Fsp3) is 0.375. The van der Waals surface area contributed by atoms with E-state index < -0.39 is 0 Å². The van der Waals surface area contributed by atoms with E-state index in [9.17, 15) is 0 Å². The molecule has 3 heteroatoms. The quantitative estimate of drug-likeness (QED) is 0.891. The van der Waals surface area contributed by atoms with Crippen LogP contribution in [0.4, 0.5) is 0 Å². The SMILES string of the molecule is Cc1nccc(CNCc2ccc(C(C)C)cc2)n1. The minimum absolute atomic E-state index is 0.589. The van der Waals surface area contributed by atoms with Crippen molar-refractivity contribution in [2.24, 2.45) is 0 Å². The molecule has 0 saturated heterocycles. The zero-order valence-electron chi connectivity index (χ0n) is 11.9. The second kappa shape index (κ2) is 6.43. The second-order valence-corrected chi connectivity index (χ2v) is 5.10. The lowest BCUT2D eigenvalue weighted by Crippen LogP contribution is -2.14. The number of nitrogens with zero attached hydrogens (tertiary/aromatic N) is 2. The Bertz CT molecular complexity index is 518. The average Bonchev–Trinajstić information content (AvgIpc) is 2.39. The molecule has 0 atom stereocenters. The van der Waals surface area contributed by atoms with Gasteiger partial charge < -0.3 is 5.32 Å². The summed E-state index contributed by atoms with van der Waals surface area (Å²) < 4.78 is 0. The zero-order chi connectivity index (χ0) is 13.7. The summed E-state index contributed by atoms with van der Waals surface area (Å²) >= 11 is 0. The summed E-state index contributed by atoms with van der Waals surface area (Å²) in [5.41, 5.74) is 3.72. The van der Waals surface area contributed by atoms with Gasteiger partial charge in [-0.2, -0.15) is 0 Å². The van der Waals surface area contributed by atoms with Crippen molar-refractivity contribution in [1.29, 1.82) is 0 Å². The van der Waals surface area contributed by atoms with Gasteiger partial charge in [0.2, 0.25) is 0 Å². The first-order valence-electron chi connectivity index (χ1n) is 6.73. The fourth-order valence-electron chi connectivity index (χ4n) is 1.96. The molecule has 0 spiro atoms. The van der Waals surface area contributed by atoms with Gasteiger partial charge in [-0.15, -0.1) is 0 Å². The molecule has 0 aliphatic heterocycles. The summed E-state index contributed by atoms with van der Waals surface area (Å²) in [6.45, 7) is 7.97. The number of hydrogen-bond donors (Lipinski definition) is 1. The molecule has 2 rings (SSSR count). The molecule has 1 N–H and O–H groups in total. The molecule has 0 saturated carbocycles. The number of aryl methyl sites for hydroxylation is 1. The van der Waals surface area contributed by atoms with Crippen molar-refractivity contribution in [2.75, 3.05) is 0 Å². The van der Waals surface area contributed by atoms with Gasteiger partial charge in [-0.25, -0.2) is 9.97 Å². The van der Waals surface area contributed by atoms with Crippen LogP contribution < -0.4 is 5.32 Å². The summed E-state index contributed by atoms with van der Waals surface area (Å²) in [6.07, 6.45) is 1.80. The lowest BCUT2D eigenvalue weighted by atomic mass is 10.0. The second-order valence-electron chi connectivity index (χ2n) is 5.10. The van der Waals surface area contributed by atoms with Crippen LogP contribution in [0.5, 0.6) is 0 Å². The number of rotatable bonds is 5. The molecule has 0 aliphatic carbocycles. The Labute approximate surface area is 115 Å². The molecular weight excluding hydrogens is 234 g/mol. The van der Waals surface area contributed by atoms with Gasteiger partial charge in [-0.05, 0) is 30.0 Å². The van der Waals surface area contributed by atoms with Gasteiger partial charge in [0.1, 0.15) is 5.82 Å². The van der Waals surface area contributed by atoms with Crippen molar-refractivity contribution >= 4 is 0 Å². The molecule has 0 bridgehead atoms. The maximum Gasteiger partial charge on any atom is 0.125 e. The summed E-state index contributed by atoms with van der Waals surface area (Å²) in [5.74, 6) is 1.41. The molecule has 2 aromatic rings. The Kier molecular flexibility index (Phi) is 4.63. The van der Waals surface area contributed by atoms with Crippen LogP contribution >= 0.6 is 0 Å². The van der Waals surface area contributed by atoms with Crippen LogP contribution in [0.3, 0.4) is 0 Å². The van der Waals surface area contributed by atoms with Gasteiger partial charge in [0.15, 0.2) is 0 Å². The van der Waals surface area contributed by atoms with Gasteiger partial charge >= 0.3 is 0 Å². The van der Waals surface area contributed by atoms with E-state index >= 15 is 0 Å². The topological polar surface area (TPSA) is 37.8 Å². The largest absolute Gasteiger partial charge is 0.307 e. The van der Waals surface area contributed by atoms with Crippen LogP contribution in [0, 0.1) is 6.92 Å². The molecule has 19 heavy (non-hydrogen) atoms. The molecule has 1 aromatic heterocycles. The molecule has 0 fully saturated rings. The van der Waals surface area contributed by atoms with Crippen LogP contribution in [0.15, 0.2) is 36.5 Å². The molecule has 1 aromatic carbocycles. The summed E-state index contributed by atoms with van der Waals surface area (Å²) in [7, 11) is 0. The molecule has 0 amide bonds. The Hall–Kier alpha value is -1.74. The lowest BCUT2D eigenvalue weighted by molar-refractivity contribution is 0.674. The van der Waals surface area contributed by atoms with Crippen molar-refractivity contribution in [3.05, 3.63) is 59.2 Å². The van der Waals surface area contributed by atoms with Gasteiger partial charge in [-0.1, -0.05) is 38.1 Å². The van der Waals surface area contributed by atoms with Crippen LogP contribution in [0.1, 0.15) is 42.4 Å². The van der Waals surface area contributed by atoms with E-state index in [0.717, 1.165) is 24.6 Å². The highest BCUT2D eigenvalue weighted by Crippen LogP contribution is 2.14. The normalized spacial score (nSPS) is 10.9. The number of hydrogen-bond acceptors (Lipinski definition) is 3. The lowest BCUT2D eigenvalue weighted by Gasteiger charge is -2.08. The van der Waals surface area contributed by atoms with Gasteiger partial charge in [-0.3, -0.25) is 0 Å². The Morgan fingerprint density at radius 3 is 2.42 bits per heavy atom. The third-order valence-electron chi connectivity index (χ3n) is 3.12. The highest BCUT2D eigenvalue weighted by atomic mass is 14.9. The number of aromatic nitrogens is 2. The highest BCUT2D eigenvalue weighted by Gasteiger charge is 1.99. The number of nitrogens with one attached hydrogen (secondary N) is 1. The Morgan fingerprint density at radius 1 is 1.05 bits per heavy atom. The maximum absolute atomic E-state index is 4.37. The van der Waals surface area contributed by atoms with Gasteiger partial charge in [0.25, 0.3) is 0 Å². The third-order valence-corrected chi connectivity index (χ3v) is 3.12. The van der Waals surface area contributed by atoms with Crippen molar-refractivity contribution in [1.82, 2.24) is 15.3 Å². The zero-order valence-corrected chi connectivity index (χ0v) is 11.9. The van der Waals surface area contributed by atoms with Crippen molar-refractivity contribution in [3.8, 4) is 0 Å². The van der Waals surface area contributed by atoms with Crippen LogP contribution in [-0.4, -0.2) is 9.97 Å². The number of benzene rings is 1. The first-order chi connectivity index (χ1) is 9.15. The summed E-state index contributed by atoms with van der Waals surface area (Å²) in [6, 6.07) is 10.7. The van der Waals surface area contributed by atoms with E-state index in [-0.39, 0.29) is 0 Å². The van der Waals surface area contributed by atoms with E-state index in [1.165, 1.54) is 11.1 Å². The van der Waals surface area contributed by atoms with Crippen molar-refractivity contribution < 1.29 is 0 Å². The monoisotopic (exact) mass is 255 g/mol. The van der Waals surface area contributed by atoms with Gasteiger partial charge in [0.05, 0.1) is 5.69 Å². The molecule has 0 unspecified atom stereocenters. The first-order valence-corrected chi connectivity index (χ1v) is 6.73. The standard InChI is InChI=1S/C16H21N3/c1-12(2)15-6-4-14(5-7-15)10-17-11-16-8-9-18-13(3)19-16/h4-9,12,17H,10-11H2,1-3H3. The molecule has 1 heterocycles. The Morgan fingerprint density at radius 2 is 1.79 bits per heavy atom. The van der Waals surface area contributed by atoms with E-state index in [4.69, 9.17) is 0 Å². The smallest absolute Gasteiger partial charge is 0.125 e. The molecule has 100 valence electrons. The minimum Gasteiger partial charge on any atom is -0.307 e. The van der Waals surface area contributed by atoms with E-state index in [1.54, 1.807) is 6.20 Å². The Balaban J connectivity index is 1.85. The third kappa shape index (κ3) is 4.14. The predicted molar refractivity (Wildman–Crippen MR) is 77.8 cm³/mol.